The Bertz CT molecular complexity index is 1380. The topological polar surface area (TPSA) is 89.5 Å². The van der Waals surface area contributed by atoms with Crippen LogP contribution in [-0.4, -0.2) is 55.5 Å². The molecule has 46 heavy (non-hydrogen) atoms. The maximum atomic E-state index is 13.3. The van der Waals surface area contributed by atoms with Crippen LogP contribution in [0.3, 0.4) is 0 Å². The summed E-state index contributed by atoms with van der Waals surface area (Å²) in [5.74, 6) is -0.971. The highest BCUT2D eigenvalue weighted by Gasteiger charge is 2.49. The highest BCUT2D eigenvalue weighted by atomic mass is 16.8. The molecule has 2 aliphatic heterocycles. The van der Waals surface area contributed by atoms with E-state index in [0.717, 1.165) is 12.0 Å². The van der Waals surface area contributed by atoms with Gasteiger partial charge in [0.05, 0.1) is 29.9 Å². The predicted molar refractivity (Wildman–Crippen MR) is 173 cm³/mol. The minimum absolute atomic E-state index is 0.00121. The van der Waals surface area contributed by atoms with Crippen molar-refractivity contribution in [3.63, 3.8) is 0 Å². The van der Waals surface area contributed by atoms with Gasteiger partial charge in [-0.25, -0.2) is 9.59 Å². The van der Waals surface area contributed by atoms with E-state index in [0.29, 0.717) is 17.7 Å². The van der Waals surface area contributed by atoms with Crippen LogP contribution in [0.1, 0.15) is 67.3 Å². The van der Waals surface area contributed by atoms with Crippen LogP contribution in [0, 0.1) is 23.7 Å². The fraction of sp³-hybridized carbons (Fsp3) is 0.474. The van der Waals surface area contributed by atoms with Gasteiger partial charge in [-0.3, -0.25) is 0 Å². The first kappa shape index (κ1) is 33.8. The highest BCUT2D eigenvalue weighted by Crippen LogP contribution is 2.40. The zero-order valence-corrected chi connectivity index (χ0v) is 27.3. The van der Waals surface area contributed by atoms with Crippen molar-refractivity contribution in [2.24, 2.45) is 23.7 Å². The molecule has 0 bridgehead atoms. The van der Waals surface area contributed by atoms with Gasteiger partial charge in [-0.05, 0) is 54.0 Å². The number of rotatable bonds is 11. The van der Waals surface area contributed by atoms with Gasteiger partial charge in [-0.1, -0.05) is 101 Å². The second-order valence-electron chi connectivity index (χ2n) is 12.5. The average Bonchev–Trinajstić information content (AvgIpc) is 3.09. The Hall–Kier alpha value is -3.56. The molecular formula is C38H46O8. The molecule has 0 spiro atoms. The smallest absolute Gasteiger partial charge is 0.338 e. The third-order valence-corrected chi connectivity index (χ3v) is 9.61. The second kappa shape index (κ2) is 15.8. The van der Waals surface area contributed by atoms with Crippen LogP contribution < -0.4 is 0 Å². The minimum Gasteiger partial charge on any atom is -0.459 e. The van der Waals surface area contributed by atoms with Crippen LogP contribution in [-0.2, 0) is 35.0 Å². The van der Waals surface area contributed by atoms with E-state index in [1.165, 1.54) is 0 Å². The molecule has 8 heteroatoms. The van der Waals surface area contributed by atoms with Gasteiger partial charge in [0.2, 0.25) is 0 Å². The van der Waals surface area contributed by atoms with Gasteiger partial charge >= 0.3 is 11.9 Å². The van der Waals surface area contributed by atoms with Gasteiger partial charge in [0, 0.05) is 5.92 Å². The summed E-state index contributed by atoms with van der Waals surface area (Å²) in [5.41, 5.74) is 1.93. The maximum Gasteiger partial charge on any atom is 0.338 e. The van der Waals surface area contributed by atoms with E-state index in [1.54, 1.807) is 48.5 Å². The summed E-state index contributed by atoms with van der Waals surface area (Å²) in [7, 11) is 0. The summed E-state index contributed by atoms with van der Waals surface area (Å²) in [6, 6.07) is 27.7. The Labute approximate surface area is 272 Å². The molecule has 3 aromatic carbocycles. The normalized spacial score (nSPS) is 31.2. The molecular weight excluding hydrogens is 584 g/mol. The van der Waals surface area contributed by atoms with Crippen LogP contribution in [0.4, 0.5) is 0 Å². The fourth-order valence-electron chi connectivity index (χ4n) is 6.26. The standard InChI is InChI=1S/C38H46O8/c1-6-31-24(2)26(4)33(37(43-31)42-22-28-16-10-7-11-17-28)46-38-34(45-36(40)30-20-14-9-15-21-30)27(5)25(3)32(44-38)23-41-35(39)29-18-12-8-13-19-29/h7-21,24-27,31-34,37-38H,6,22-23H2,1-5H3/t24-,25-,26-,27-,31?,32?,33?,34?,37-,38+/m0/s1. The number of ether oxygens (including phenoxy) is 6. The molecule has 0 N–H and O–H groups in total. The van der Waals surface area contributed by atoms with E-state index >= 15 is 0 Å². The SMILES string of the molecule is CCC1O[C@H](OCc2ccccc2)C(O[C@H]2OC(COC(=O)c3ccccc3)[C@@H](C)[C@H](C)C2OC(=O)c2ccccc2)[C@@H](C)[C@@H]1C. The molecule has 0 saturated carbocycles. The van der Waals surface area contributed by atoms with Crippen molar-refractivity contribution in [2.45, 2.75) is 84.6 Å². The van der Waals surface area contributed by atoms with Crippen molar-refractivity contribution in [1.29, 1.82) is 0 Å². The monoisotopic (exact) mass is 630 g/mol. The Balaban J connectivity index is 1.38. The van der Waals surface area contributed by atoms with Crippen LogP contribution in [0.5, 0.6) is 0 Å². The van der Waals surface area contributed by atoms with Gasteiger partial charge in [0.15, 0.2) is 18.7 Å². The van der Waals surface area contributed by atoms with Crippen molar-refractivity contribution in [3.05, 3.63) is 108 Å². The van der Waals surface area contributed by atoms with E-state index in [9.17, 15) is 9.59 Å². The highest BCUT2D eigenvalue weighted by molar-refractivity contribution is 5.89. The zero-order chi connectivity index (χ0) is 32.6. The first-order chi connectivity index (χ1) is 22.3. The number of hydrogen-bond acceptors (Lipinski definition) is 8. The summed E-state index contributed by atoms with van der Waals surface area (Å²) in [4.78, 5) is 26.1. The van der Waals surface area contributed by atoms with Crippen molar-refractivity contribution in [3.8, 4) is 0 Å². The average molecular weight is 631 g/mol. The van der Waals surface area contributed by atoms with Crippen LogP contribution in [0.2, 0.25) is 0 Å². The van der Waals surface area contributed by atoms with Crippen molar-refractivity contribution in [1.82, 2.24) is 0 Å². The summed E-state index contributed by atoms with van der Waals surface area (Å²) >= 11 is 0. The molecule has 2 heterocycles. The molecule has 0 aliphatic carbocycles. The molecule has 0 aromatic heterocycles. The molecule has 4 unspecified atom stereocenters. The summed E-state index contributed by atoms with van der Waals surface area (Å²) in [5, 5.41) is 0. The number of hydrogen-bond donors (Lipinski definition) is 0. The molecule has 5 rings (SSSR count). The van der Waals surface area contributed by atoms with Gasteiger partial charge in [-0.15, -0.1) is 0 Å². The fourth-order valence-corrected chi connectivity index (χ4v) is 6.26. The second-order valence-corrected chi connectivity index (χ2v) is 12.5. The Morgan fingerprint density at radius 1 is 0.630 bits per heavy atom. The Morgan fingerprint density at radius 2 is 1.15 bits per heavy atom. The number of esters is 2. The molecule has 0 radical (unpaired) electrons. The predicted octanol–water partition coefficient (Wildman–Crippen LogP) is 7.08. The lowest BCUT2D eigenvalue weighted by molar-refractivity contribution is -0.347. The third kappa shape index (κ3) is 8.04. The Kier molecular flexibility index (Phi) is 11.6. The molecule has 246 valence electrons. The van der Waals surface area contributed by atoms with E-state index < -0.39 is 42.8 Å². The first-order valence-electron chi connectivity index (χ1n) is 16.4. The minimum atomic E-state index is -0.955. The van der Waals surface area contributed by atoms with Crippen LogP contribution in [0.15, 0.2) is 91.0 Å². The van der Waals surface area contributed by atoms with E-state index in [4.69, 9.17) is 28.4 Å². The van der Waals surface area contributed by atoms with Gasteiger partial charge < -0.3 is 28.4 Å². The van der Waals surface area contributed by atoms with E-state index in [2.05, 4.69) is 20.8 Å². The largest absolute Gasteiger partial charge is 0.459 e. The molecule has 0 amide bonds. The number of carbonyl (C=O) groups is 2. The van der Waals surface area contributed by atoms with Crippen molar-refractivity contribution in [2.75, 3.05) is 6.61 Å². The molecule has 10 atom stereocenters. The van der Waals surface area contributed by atoms with Gasteiger partial charge in [0.1, 0.15) is 12.7 Å². The van der Waals surface area contributed by atoms with Crippen molar-refractivity contribution < 1.29 is 38.0 Å². The summed E-state index contributed by atoms with van der Waals surface area (Å²) < 4.78 is 38.1. The maximum absolute atomic E-state index is 13.3. The zero-order valence-electron chi connectivity index (χ0n) is 27.3. The number of carbonyl (C=O) groups excluding carboxylic acids is 2. The van der Waals surface area contributed by atoms with Gasteiger partial charge in [0.25, 0.3) is 0 Å². The van der Waals surface area contributed by atoms with Crippen LogP contribution >= 0.6 is 0 Å². The van der Waals surface area contributed by atoms with Crippen molar-refractivity contribution >= 4 is 11.9 Å². The Morgan fingerprint density at radius 3 is 1.76 bits per heavy atom. The summed E-state index contributed by atoms with van der Waals surface area (Å²) in [6.45, 7) is 10.8. The van der Waals surface area contributed by atoms with E-state index in [-0.39, 0.29) is 36.4 Å². The lowest BCUT2D eigenvalue weighted by Gasteiger charge is -2.48. The molecule has 3 aromatic rings. The first-order valence-corrected chi connectivity index (χ1v) is 16.4. The third-order valence-electron chi connectivity index (χ3n) is 9.61. The van der Waals surface area contributed by atoms with E-state index in [1.807, 2.05) is 56.3 Å². The lowest BCUT2D eigenvalue weighted by atomic mass is 9.81. The molecule has 2 fully saturated rings. The molecule has 2 saturated heterocycles. The lowest BCUT2D eigenvalue weighted by Crippen LogP contribution is -2.58. The van der Waals surface area contributed by atoms with Gasteiger partial charge in [-0.2, -0.15) is 0 Å². The molecule has 8 nitrogen and oxygen atoms in total. The molecule has 2 aliphatic rings. The van der Waals surface area contributed by atoms with Crippen LogP contribution in [0.25, 0.3) is 0 Å². The quantitative estimate of drug-likeness (QED) is 0.208. The summed E-state index contributed by atoms with van der Waals surface area (Å²) in [6.07, 6.45) is -2.53. The number of benzene rings is 3.